The molecule has 0 saturated heterocycles. The Hall–Kier alpha value is -0.940. The number of nitro benzene ring substituents is 1. The van der Waals surface area contributed by atoms with Crippen LogP contribution in [0.25, 0.3) is 0 Å². The lowest BCUT2D eigenvalue weighted by molar-refractivity contribution is -0.385. The zero-order valence-corrected chi connectivity index (χ0v) is 14.1. The molecule has 21 heavy (non-hydrogen) atoms. The van der Waals surface area contributed by atoms with Gasteiger partial charge < -0.3 is 5.32 Å². The number of rotatable bonds is 5. The van der Waals surface area contributed by atoms with E-state index >= 15 is 0 Å². The van der Waals surface area contributed by atoms with Crippen molar-refractivity contribution in [3.63, 3.8) is 0 Å². The molecule has 0 bridgehead atoms. The Balaban J connectivity index is 1.98. The molecule has 0 aliphatic heterocycles. The Morgan fingerprint density at radius 3 is 2.62 bits per heavy atom. The Morgan fingerprint density at radius 1 is 1.33 bits per heavy atom. The van der Waals surface area contributed by atoms with Gasteiger partial charge in [0, 0.05) is 28.7 Å². The van der Waals surface area contributed by atoms with Crippen LogP contribution in [0.1, 0.15) is 51.0 Å². The average molecular weight is 355 g/mol. The van der Waals surface area contributed by atoms with Gasteiger partial charge >= 0.3 is 0 Å². The number of nitrogens with one attached hydrogen (secondary N) is 1. The van der Waals surface area contributed by atoms with E-state index < -0.39 is 0 Å². The number of hydrogen-bond donors (Lipinski definition) is 1. The summed E-state index contributed by atoms with van der Waals surface area (Å²) >= 11 is 3.39. The van der Waals surface area contributed by atoms with Crippen LogP contribution in [0.2, 0.25) is 0 Å². The molecule has 1 aliphatic carbocycles. The van der Waals surface area contributed by atoms with E-state index in [-0.39, 0.29) is 10.6 Å². The lowest BCUT2D eigenvalue weighted by atomic mass is 9.93. The SMILES string of the molecule is C[C@@H](NCc1cc(Br)ccc1[N+](=O)[O-])C1CCCCCC1. The summed E-state index contributed by atoms with van der Waals surface area (Å²) in [6, 6.07) is 5.53. The molecule has 1 fully saturated rings. The summed E-state index contributed by atoms with van der Waals surface area (Å²) in [5.41, 5.74) is 0.939. The van der Waals surface area contributed by atoms with Gasteiger partial charge in [-0.05, 0) is 37.8 Å². The lowest BCUT2D eigenvalue weighted by Crippen LogP contribution is -2.33. The largest absolute Gasteiger partial charge is 0.310 e. The first kappa shape index (κ1) is 16.4. The molecule has 0 aromatic heterocycles. The first-order chi connectivity index (χ1) is 10.1. The molecule has 1 aromatic carbocycles. The van der Waals surface area contributed by atoms with E-state index in [0.29, 0.717) is 18.5 Å². The summed E-state index contributed by atoms with van der Waals surface area (Å²) in [6.07, 6.45) is 7.87. The van der Waals surface area contributed by atoms with Gasteiger partial charge in [0.25, 0.3) is 5.69 Å². The van der Waals surface area contributed by atoms with Gasteiger partial charge in [0.1, 0.15) is 0 Å². The molecule has 0 heterocycles. The Labute approximate surface area is 134 Å². The number of nitrogens with zero attached hydrogens (tertiary/aromatic N) is 1. The van der Waals surface area contributed by atoms with Gasteiger partial charge in [-0.15, -0.1) is 0 Å². The molecule has 1 aliphatic rings. The fraction of sp³-hybridized carbons (Fsp3) is 0.625. The molecule has 0 amide bonds. The van der Waals surface area contributed by atoms with Crippen LogP contribution in [0.5, 0.6) is 0 Å². The minimum absolute atomic E-state index is 0.193. The average Bonchev–Trinajstić information content (AvgIpc) is 2.73. The highest BCUT2D eigenvalue weighted by Gasteiger charge is 2.20. The number of hydrogen-bond acceptors (Lipinski definition) is 3. The van der Waals surface area contributed by atoms with Gasteiger partial charge in [0.05, 0.1) is 4.92 Å². The van der Waals surface area contributed by atoms with E-state index in [4.69, 9.17) is 0 Å². The van der Waals surface area contributed by atoms with Gasteiger partial charge in [-0.25, -0.2) is 0 Å². The molecule has 1 atom stereocenters. The van der Waals surface area contributed by atoms with Crippen molar-refractivity contribution >= 4 is 21.6 Å². The second kappa shape index (κ2) is 7.90. The standard InChI is InChI=1S/C16H23BrN2O2/c1-12(13-6-4-2-3-5-7-13)18-11-14-10-15(17)8-9-16(14)19(20)21/h8-10,12-13,18H,2-7,11H2,1H3/t12-/m1/s1. The van der Waals surface area contributed by atoms with E-state index in [1.807, 2.05) is 6.07 Å². The molecule has 0 unspecified atom stereocenters. The van der Waals surface area contributed by atoms with E-state index in [1.54, 1.807) is 12.1 Å². The second-order valence-corrected chi connectivity index (χ2v) is 6.87. The molecule has 5 heteroatoms. The zero-order valence-electron chi connectivity index (χ0n) is 12.5. The third-order valence-electron chi connectivity index (χ3n) is 4.46. The van der Waals surface area contributed by atoms with Gasteiger partial charge in [0.2, 0.25) is 0 Å². The minimum Gasteiger partial charge on any atom is -0.310 e. The second-order valence-electron chi connectivity index (χ2n) is 5.95. The monoisotopic (exact) mass is 354 g/mol. The van der Waals surface area contributed by atoms with Crippen molar-refractivity contribution in [2.24, 2.45) is 5.92 Å². The smallest absolute Gasteiger partial charge is 0.273 e. The lowest BCUT2D eigenvalue weighted by Gasteiger charge is -2.23. The van der Waals surface area contributed by atoms with Crippen LogP contribution in [-0.2, 0) is 6.54 Å². The summed E-state index contributed by atoms with van der Waals surface area (Å²) < 4.78 is 0.881. The molecule has 116 valence electrons. The normalized spacial score (nSPS) is 18.2. The van der Waals surface area contributed by atoms with Crippen LogP contribution >= 0.6 is 15.9 Å². The van der Waals surface area contributed by atoms with Crippen molar-refractivity contribution in [1.82, 2.24) is 5.32 Å². The van der Waals surface area contributed by atoms with Crippen LogP contribution in [0.4, 0.5) is 5.69 Å². The summed E-state index contributed by atoms with van der Waals surface area (Å²) in [5, 5.41) is 14.6. The molecular formula is C16H23BrN2O2. The maximum atomic E-state index is 11.1. The Bertz CT molecular complexity index is 485. The van der Waals surface area contributed by atoms with Crippen molar-refractivity contribution in [3.8, 4) is 0 Å². The van der Waals surface area contributed by atoms with Crippen LogP contribution in [-0.4, -0.2) is 11.0 Å². The van der Waals surface area contributed by atoms with Crippen molar-refractivity contribution in [2.45, 2.75) is 58.0 Å². The minimum atomic E-state index is -0.306. The van der Waals surface area contributed by atoms with Crippen molar-refractivity contribution in [3.05, 3.63) is 38.3 Å². The van der Waals surface area contributed by atoms with Crippen molar-refractivity contribution in [2.75, 3.05) is 0 Å². The van der Waals surface area contributed by atoms with Gasteiger partial charge in [-0.3, -0.25) is 10.1 Å². The molecule has 1 aromatic rings. The number of benzene rings is 1. The summed E-state index contributed by atoms with van der Waals surface area (Å²) in [5.74, 6) is 0.693. The van der Waals surface area contributed by atoms with Gasteiger partial charge in [-0.2, -0.15) is 0 Å². The highest BCUT2D eigenvalue weighted by Crippen LogP contribution is 2.27. The summed E-state index contributed by atoms with van der Waals surface area (Å²) in [6.45, 7) is 2.76. The molecule has 1 N–H and O–H groups in total. The predicted molar refractivity (Wildman–Crippen MR) is 88.3 cm³/mol. The van der Waals surface area contributed by atoms with Crippen molar-refractivity contribution in [1.29, 1.82) is 0 Å². The molecule has 4 nitrogen and oxygen atoms in total. The molecule has 2 rings (SSSR count). The van der Waals surface area contributed by atoms with Crippen LogP contribution in [0.15, 0.2) is 22.7 Å². The number of halogens is 1. The van der Waals surface area contributed by atoms with Crippen molar-refractivity contribution < 1.29 is 4.92 Å². The quantitative estimate of drug-likeness (QED) is 0.469. The molecule has 0 spiro atoms. The third-order valence-corrected chi connectivity index (χ3v) is 4.95. The fourth-order valence-corrected chi connectivity index (χ4v) is 3.53. The highest BCUT2D eigenvalue weighted by molar-refractivity contribution is 9.10. The number of nitro groups is 1. The van der Waals surface area contributed by atoms with E-state index in [2.05, 4.69) is 28.2 Å². The summed E-state index contributed by atoms with van der Waals surface area (Å²) in [7, 11) is 0. The van der Waals surface area contributed by atoms with E-state index in [9.17, 15) is 10.1 Å². The first-order valence-electron chi connectivity index (χ1n) is 7.74. The summed E-state index contributed by atoms with van der Waals surface area (Å²) in [4.78, 5) is 10.8. The predicted octanol–water partition coefficient (Wildman–Crippen LogP) is 4.81. The topological polar surface area (TPSA) is 55.2 Å². The van der Waals surface area contributed by atoms with Crippen LogP contribution in [0, 0.1) is 16.0 Å². The van der Waals surface area contributed by atoms with E-state index in [0.717, 1.165) is 10.0 Å². The fourth-order valence-electron chi connectivity index (χ4n) is 3.12. The van der Waals surface area contributed by atoms with Gasteiger partial charge in [-0.1, -0.05) is 41.6 Å². The molecule has 1 saturated carbocycles. The Morgan fingerprint density at radius 2 is 2.00 bits per heavy atom. The van der Waals surface area contributed by atoms with Crippen LogP contribution < -0.4 is 5.32 Å². The zero-order chi connectivity index (χ0) is 15.2. The highest BCUT2D eigenvalue weighted by atomic mass is 79.9. The maximum Gasteiger partial charge on any atom is 0.273 e. The molecular weight excluding hydrogens is 332 g/mol. The first-order valence-corrected chi connectivity index (χ1v) is 8.53. The Kier molecular flexibility index (Phi) is 6.18. The van der Waals surface area contributed by atoms with Crippen LogP contribution in [0.3, 0.4) is 0 Å². The van der Waals surface area contributed by atoms with E-state index in [1.165, 1.54) is 38.5 Å². The van der Waals surface area contributed by atoms with Gasteiger partial charge in [0.15, 0.2) is 0 Å². The molecule has 0 radical (unpaired) electrons. The third kappa shape index (κ3) is 4.78. The maximum absolute atomic E-state index is 11.1.